The Hall–Kier alpha value is -3.75. The smallest absolute Gasteiger partial charge is 0.336 e. The van der Waals surface area contributed by atoms with Crippen molar-refractivity contribution >= 4 is 27.0 Å². The second-order valence-corrected chi connectivity index (χ2v) is 10.3. The van der Waals surface area contributed by atoms with Crippen LogP contribution in [-0.2, 0) is 14.8 Å². The molecule has 0 spiro atoms. The Morgan fingerprint density at radius 1 is 1.00 bits per heavy atom. The van der Waals surface area contributed by atoms with Crippen LogP contribution in [0.15, 0.2) is 93.0 Å². The van der Waals surface area contributed by atoms with Crippen molar-refractivity contribution in [2.45, 2.75) is 44.0 Å². The number of sulfonamides is 1. The highest BCUT2D eigenvalue weighted by Gasteiger charge is 2.27. The highest BCUT2D eigenvalue weighted by Crippen LogP contribution is 2.29. The molecule has 1 heterocycles. The fourth-order valence-corrected chi connectivity index (χ4v) is 5.08. The van der Waals surface area contributed by atoms with E-state index in [1.807, 2.05) is 44.2 Å². The Bertz CT molecular complexity index is 1530. The van der Waals surface area contributed by atoms with Gasteiger partial charge in [0.2, 0.25) is 10.0 Å². The van der Waals surface area contributed by atoms with Gasteiger partial charge in [0.25, 0.3) is 0 Å². The van der Waals surface area contributed by atoms with Crippen LogP contribution in [0.1, 0.15) is 31.7 Å². The Kier molecular flexibility index (Phi) is 7.67. The van der Waals surface area contributed by atoms with Crippen molar-refractivity contribution in [3.05, 3.63) is 94.8 Å². The highest BCUT2D eigenvalue weighted by molar-refractivity contribution is 7.89. The number of hydrogen-bond donors (Lipinski definition) is 1. The molecule has 0 amide bonds. The molecule has 1 unspecified atom stereocenters. The number of benzene rings is 3. The normalized spacial score (nSPS) is 12.4. The Morgan fingerprint density at radius 2 is 1.72 bits per heavy atom. The minimum absolute atomic E-state index is 0.0725. The summed E-state index contributed by atoms with van der Waals surface area (Å²) in [7, 11) is -3.93. The third-order valence-electron chi connectivity index (χ3n) is 5.78. The Labute approximate surface area is 209 Å². The second kappa shape index (κ2) is 10.9. The van der Waals surface area contributed by atoms with Gasteiger partial charge < -0.3 is 9.15 Å². The van der Waals surface area contributed by atoms with Gasteiger partial charge in [-0.25, -0.2) is 18.0 Å². The molecule has 0 saturated heterocycles. The molecule has 0 radical (unpaired) electrons. The predicted molar refractivity (Wildman–Crippen MR) is 138 cm³/mol. The minimum atomic E-state index is -3.93. The van der Waals surface area contributed by atoms with Gasteiger partial charge in [0.1, 0.15) is 17.4 Å². The summed E-state index contributed by atoms with van der Waals surface area (Å²) in [5.74, 6) is -0.586. The maximum Gasteiger partial charge on any atom is 0.336 e. The lowest BCUT2D eigenvalue weighted by Crippen LogP contribution is -2.42. The fourth-order valence-electron chi connectivity index (χ4n) is 3.86. The third kappa shape index (κ3) is 5.90. The number of hydrogen-bond acceptors (Lipinski definition) is 6. The number of fused-ring (bicyclic) bond motifs is 1. The monoisotopic (exact) mass is 505 g/mol. The molecule has 4 aromatic rings. The van der Waals surface area contributed by atoms with Crippen LogP contribution < -0.4 is 15.1 Å². The SMILES string of the molecule is CCCCC(NS(=O)(=O)c1ccc(C)cc1)C(=O)Oc1ccc2c(-c3ccccc3)cc(=O)oc2c1. The van der Waals surface area contributed by atoms with E-state index in [9.17, 15) is 18.0 Å². The third-order valence-corrected chi connectivity index (χ3v) is 7.27. The van der Waals surface area contributed by atoms with E-state index in [2.05, 4.69) is 4.72 Å². The van der Waals surface area contributed by atoms with Crippen LogP contribution in [0, 0.1) is 6.92 Å². The van der Waals surface area contributed by atoms with Crippen LogP contribution in [0.5, 0.6) is 5.75 Å². The summed E-state index contributed by atoms with van der Waals surface area (Å²) in [4.78, 5) is 25.3. The van der Waals surface area contributed by atoms with E-state index in [4.69, 9.17) is 9.15 Å². The topological polar surface area (TPSA) is 103 Å². The van der Waals surface area contributed by atoms with E-state index in [1.165, 1.54) is 24.3 Å². The minimum Gasteiger partial charge on any atom is -0.425 e. The average molecular weight is 506 g/mol. The zero-order valence-corrected chi connectivity index (χ0v) is 20.9. The molecule has 1 aromatic heterocycles. The fraction of sp³-hybridized carbons (Fsp3) is 0.214. The number of nitrogens with one attached hydrogen (secondary N) is 1. The Morgan fingerprint density at radius 3 is 2.42 bits per heavy atom. The van der Waals surface area contributed by atoms with Crippen LogP contribution in [0.3, 0.4) is 0 Å². The van der Waals surface area contributed by atoms with E-state index in [0.717, 1.165) is 17.5 Å². The first-order valence-electron chi connectivity index (χ1n) is 11.7. The zero-order chi connectivity index (χ0) is 25.7. The van der Waals surface area contributed by atoms with Gasteiger partial charge >= 0.3 is 11.6 Å². The van der Waals surface area contributed by atoms with Crippen LogP contribution >= 0.6 is 0 Å². The molecule has 7 nitrogen and oxygen atoms in total. The molecule has 0 saturated carbocycles. The molecule has 36 heavy (non-hydrogen) atoms. The first-order chi connectivity index (χ1) is 17.3. The molecular weight excluding hydrogens is 478 g/mol. The van der Waals surface area contributed by atoms with Crippen LogP contribution in [0.4, 0.5) is 0 Å². The number of esters is 1. The van der Waals surface area contributed by atoms with Gasteiger partial charge in [-0.3, -0.25) is 0 Å². The van der Waals surface area contributed by atoms with Crippen LogP contribution in [0.25, 0.3) is 22.1 Å². The van der Waals surface area contributed by atoms with E-state index >= 15 is 0 Å². The molecule has 0 aliphatic carbocycles. The van der Waals surface area contributed by atoms with Crippen LogP contribution in [-0.4, -0.2) is 20.4 Å². The average Bonchev–Trinajstić information content (AvgIpc) is 2.86. The van der Waals surface area contributed by atoms with Crippen LogP contribution in [0.2, 0.25) is 0 Å². The van der Waals surface area contributed by atoms with E-state index < -0.39 is 27.7 Å². The molecule has 1 N–H and O–H groups in total. The lowest BCUT2D eigenvalue weighted by Gasteiger charge is -2.18. The van der Waals surface area contributed by atoms with Crippen molar-refractivity contribution in [1.82, 2.24) is 4.72 Å². The van der Waals surface area contributed by atoms with Crippen molar-refractivity contribution in [2.75, 3.05) is 0 Å². The highest BCUT2D eigenvalue weighted by atomic mass is 32.2. The first kappa shape index (κ1) is 25.3. The Balaban J connectivity index is 1.60. The van der Waals surface area contributed by atoms with Gasteiger partial charge in [-0.1, -0.05) is 67.8 Å². The molecule has 186 valence electrons. The maximum atomic E-state index is 13.0. The van der Waals surface area contributed by atoms with Crippen molar-refractivity contribution in [3.63, 3.8) is 0 Å². The van der Waals surface area contributed by atoms with E-state index in [-0.39, 0.29) is 22.6 Å². The summed E-state index contributed by atoms with van der Waals surface area (Å²) in [6.45, 7) is 3.81. The van der Waals surface area contributed by atoms with Crippen molar-refractivity contribution in [2.24, 2.45) is 0 Å². The van der Waals surface area contributed by atoms with Gasteiger partial charge in [0.15, 0.2) is 0 Å². The largest absolute Gasteiger partial charge is 0.425 e. The summed E-state index contributed by atoms with van der Waals surface area (Å²) in [5.41, 5.74) is 2.21. The summed E-state index contributed by atoms with van der Waals surface area (Å²) in [6, 6.07) is 20.9. The molecule has 8 heteroatoms. The van der Waals surface area contributed by atoms with Gasteiger partial charge in [0, 0.05) is 17.5 Å². The maximum absolute atomic E-state index is 13.0. The second-order valence-electron chi connectivity index (χ2n) is 8.55. The number of carbonyl (C=O) groups is 1. The van der Waals surface area contributed by atoms with Gasteiger partial charge in [-0.2, -0.15) is 4.72 Å². The van der Waals surface area contributed by atoms with Gasteiger partial charge in [-0.05, 0) is 48.7 Å². The molecule has 0 bridgehead atoms. The zero-order valence-electron chi connectivity index (χ0n) is 20.1. The first-order valence-corrected chi connectivity index (χ1v) is 13.2. The standard InChI is InChI=1S/C28H27NO6S/c1-3-4-10-25(29-36(32,33)22-14-11-19(2)12-15-22)28(31)34-21-13-16-23-24(20-8-6-5-7-9-20)18-27(30)35-26(23)17-21/h5-9,11-18,25,29H,3-4,10H2,1-2H3. The molecule has 0 fully saturated rings. The lowest BCUT2D eigenvalue weighted by atomic mass is 10.0. The number of ether oxygens (including phenoxy) is 1. The van der Waals surface area contributed by atoms with Crippen molar-refractivity contribution in [3.8, 4) is 16.9 Å². The molecule has 0 aliphatic heterocycles. The predicted octanol–water partition coefficient (Wildman–Crippen LogP) is 5.21. The summed E-state index contributed by atoms with van der Waals surface area (Å²) < 4.78 is 39.2. The summed E-state index contributed by atoms with van der Waals surface area (Å²) in [5, 5.41) is 0.684. The lowest BCUT2D eigenvalue weighted by molar-refractivity contribution is -0.136. The molecular formula is C28H27NO6S. The van der Waals surface area contributed by atoms with Crippen molar-refractivity contribution < 1.29 is 22.4 Å². The number of carbonyl (C=O) groups excluding carboxylic acids is 1. The molecule has 0 aliphatic rings. The van der Waals surface area contributed by atoms with E-state index in [0.29, 0.717) is 17.4 Å². The molecule has 4 rings (SSSR count). The summed E-state index contributed by atoms with van der Waals surface area (Å²) in [6.07, 6.45) is 1.68. The molecule has 3 aromatic carbocycles. The van der Waals surface area contributed by atoms with E-state index in [1.54, 1.807) is 24.3 Å². The number of aryl methyl sites for hydroxylation is 1. The summed E-state index contributed by atoms with van der Waals surface area (Å²) >= 11 is 0. The quantitative estimate of drug-likeness (QED) is 0.190. The molecule has 1 atom stereocenters. The number of unbranched alkanes of at least 4 members (excludes halogenated alkanes) is 1. The van der Waals surface area contributed by atoms with Gasteiger partial charge in [0.05, 0.1) is 4.90 Å². The van der Waals surface area contributed by atoms with Gasteiger partial charge in [-0.15, -0.1) is 0 Å². The van der Waals surface area contributed by atoms with Crippen molar-refractivity contribution in [1.29, 1.82) is 0 Å². The number of rotatable bonds is 9.